The van der Waals surface area contributed by atoms with Crippen LogP contribution in [0.25, 0.3) is 0 Å². The molecule has 2 nitrogen and oxygen atoms in total. The van der Waals surface area contributed by atoms with Gasteiger partial charge in [-0.2, -0.15) is 0 Å². The first-order valence-corrected chi connectivity index (χ1v) is 9.17. The molecule has 0 bridgehead atoms. The zero-order valence-corrected chi connectivity index (χ0v) is 14.9. The van der Waals surface area contributed by atoms with E-state index in [2.05, 4.69) is 60.9 Å². The predicted octanol–water partition coefficient (Wildman–Crippen LogP) is 4.58. The second-order valence-electron chi connectivity index (χ2n) is 6.91. The summed E-state index contributed by atoms with van der Waals surface area (Å²) in [5.74, 6) is 2.34. The van der Waals surface area contributed by atoms with Crippen molar-refractivity contribution in [3.05, 3.63) is 65.2 Å². The minimum absolute atomic E-state index is 0.663. The molecule has 0 saturated heterocycles. The zero-order valence-electron chi connectivity index (χ0n) is 14.9. The van der Waals surface area contributed by atoms with E-state index in [9.17, 15) is 0 Å². The molecule has 0 aromatic heterocycles. The normalized spacial score (nSPS) is 18.0. The number of hydrogen-bond donors (Lipinski definition) is 1. The van der Waals surface area contributed by atoms with Gasteiger partial charge in [-0.15, -0.1) is 0 Å². The summed E-state index contributed by atoms with van der Waals surface area (Å²) >= 11 is 0. The summed E-state index contributed by atoms with van der Waals surface area (Å²) in [6.45, 7) is 1.09. The summed E-state index contributed by atoms with van der Waals surface area (Å²) in [7, 11) is 3.83. The number of benzene rings is 2. The van der Waals surface area contributed by atoms with Crippen LogP contribution in [0.5, 0.6) is 5.75 Å². The Kier molecular flexibility index (Phi) is 5.92. The second kappa shape index (κ2) is 8.34. The van der Waals surface area contributed by atoms with Crippen molar-refractivity contribution in [2.45, 2.75) is 38.0 Å². The van der Waals surface area contributed by atoms with Crippen LogP contribution in [0.4, 0.5) is 0 Å². The number of nitrogens with one attached hydrogen (secondary N) is 1. The van der Waals surface area contributed by atoms with Gasteiger partial charge >= 0.3 is 0 Å². The van der Waals surface area contributed by atoms with E-state index in [1.165, 1.54) is 36.8 Å². The standard InChI is InChI=1S/C22H29NO/c1-23-16-19(12-11-17-7-4-3-5-8-17)21-10-6-9-18-15-20(24-2)13-14-22(18)21/h3-5,7-8,13-15,19,21,23H,6,9-12,16H2,1-2H3. The Bertz CT molecular complexity index is 638. The molecule has 3 rings (SSSR count). The summed E-state index contributed by atoms with van der Waals surface area (Å²) in [5, 5.41) is 3.43. The molecule has 0 saturated carbocycles. The summed E-state index contributed by atoms with van der Waals surface area (Å²) < 4.78 is 5.42. The first-order valence-electron chi connectivity index (χ1n) is 9.17. The maximum Gasteiger partial charge on any atom is 0.119 e. The molecular formula is C22H29NO. The fourth-order valence-corrected chi connectivity index (χ4v) is 4.15. The van der Waals surface area contributed by atoms with Crippen molar-refractivity contribution in [3.8, 4) is 5.75 Å². The lowest BCUT2D eigenvalue weighted by atomic mass is 9.74. The molecule has 0 fully saturated rings. The maximum absolute atomic E-state index is 5.42. The Morgan fingerprint density at radius 3 is 2.75 bits per heavy atom. The average Bonchev–Trinajstić information content (AvgIpc) is 2.65. The lowest BCUT2D eigenvalue weighted by Gasteiger charge is -2.33. The summed E-state index contributed by atoms with van der Waals surface area (Å²) in [4.78, 5) is 0. The van der Waals surface area contributed by atoms with Crippen LogP contribution in [0, 0.1) is 5.92 Å². The van der Waals surface area contributed by atoms with Gasteiger partial charge in [0.05, 0.1) is 7.11 Å². The van der Waals surface area contributed by atoms with Gasteiger partial charge in [0.2, 0.25) is 0 Å². The molecule has 2 aromatic rings. The zero-order chi connectivity index (χ0) is 16.8. The van der Waals surface area contributed by atoms with Gasteiger partial charge in [0.15, 0.2) is 0 Å². The number of aryl methyl sites for hydroxylation is 2. The van der Waals surface area contributed by atoms with Gasteiger partial charge in [-0.1, -0.05) is 36.4 Å². The highest BCUT2D eigenvalue weighted by molar-refractivity contribution is 5.39. The van der Waals surface area contributed by atoms with Gasteiger partial charge in [-0.25, -0.2) is 0 Å². The van der Waals surface area contributed by atoms with Crippen molar-refractivity contribution < 1.29 is 4.74 Å². The van der Waals surface area contributed by atoms with Crippen LogP contribution in [0.15, 0.2) is 48.5 Å². The van der Waals surface area contributed by atoms with Crippen molar-refractivity contribution in [2.24, 2.45) is 5.92 Å². The minimum atomic E-state index is 0.663. The Labute approximate surface area is 146 Å². The van der Waals surface area contributed by atoms with E-state index < -0.39 is 0 Å². The SMILES string of the molecule is CNCC(CCc1ccccc1)C1CCCc2cc(OC)ccc21. The van der Waals surface area contributed by atoms with E-state index in [-0.39, 0.29) is 0 Å². The second-order valence-corrected chi connectivity index (χ2v) is 6.91. The quantitative estimate of drug-likeness (QED) is 0.805. The monoisotopic (exact) mass is 323 g/mol. The fourth-order valence-electron chi connectivity index (χ4n) is 4.15. The molecule has 2 heteroatoms. The van der Waals surface area contributed by atoms with Crippen LogP contribution in [0.2, 0.25) is 0 Å². The van der Waals surface area contributed by atoms with Crippen LogP contribution in [0.3, 0.4) is 0 Å². The molecule has 0 amide bonds. The van der Waals surface area contributed by atoms with Crippen molar-refractivity contribution >= 4 is 0 Å². The first kappa shape index (κ1) is 17.0. The van der Waals surface area contributed by atoms with Gasteiger partial charge in [0.1, 0.15) is 5.75 Å². The van der Waals surface area contributed by atoms with E-state index in [0.29, 0.717) is 11.8 Å². The van der Waals surface area contributed by atoms with E-state index in [4.69, 9.17) is 4.74 Å². The van der Waals surface area contributed by atoms with Crippen LogP contribution in [-0.2, 0) is 12.8 Å². The van der Waals surface area contributed by atoms with Crippen molar-refractivity contribution in [1.29, 1.82) is 0 Å². The molecule has 1 aliphatic rings. The highest BCUT2D eigenvalue weighted by atomic mass is 16.5. The number of hydrogen-bond acceptors (Lipinski definition) is 2. The molecule has 128 valence electrons. The fraction of sp³-hybridized carbons (Fsp3) is 0.455. The Morgan fingerprint density at radius 2 is 2.00 bits per heavy atom. The maximum atomic E-state index is 5.42. The van der Waals surface area contributed by atoms with Crippen LogP contribution >= 0.6 is 0 Å². The van der Waals surface area contributed by atoms with Gasteiger partial charge in [-0.3, -0.25) is 0 Å². The molecule has 1 N–H and O–H groups in total. The molecular weight excluding hydrogens is 294 g/mol. The molecule has 24 heavy (non-hydrogen) atoms. The molecule has 1 aliphatic carbocycles. The highest BCUT2D eigenvalue weighted by Crippen LogP contribution is 2.39. The van der Waals surface area contributed by atoms with Crippen LogP contribution in [-0.4, -0.2) is 20.7 Å². The van der Waals surface area contributed by atoms with E-state index in [1.807, 2.05) is 0 Å². The van der Waals surface area contributed by atoms with Crippen LogP contribution in [0.1, 0.15) is 41.9 Å². The molecule has 2 unspecified atom stereocenters. The first-order chi connectivity index (χ1) is 11.8. The molecule has 2 atom stereocenters. The molecule has 2 aromatic carbocycles. The van der Waals surface area contributed by atoms with Crippen LogP contribution < -0.4 is 10.1 Å². The molecule has 0 spiro atoms. The van der Waals surface area contributed by atoms with Crippen molar-refractivity contribution in [1.82, 2.24) is 5.32 Å². The van der Waals surface area contributed by atoms with E-state index in [0.717, 1.165) is 18.7 Å². The number of ether oxygens (including phenoxy) is 1. The van der Waals surface area contributed by atoms with Gasteiger partial charge in [0, 0.05) is 0 Å². The summed E-state index contributed by atoms with van der Waals surface area (Å²) in [6, 6.07) is 17.6. The highest BCUT2D eigenvalue weighted by Gasteiger charge is 2.27. The molecule has 0 heterocycles. The topological polar surface area (TPSA) is 21.3 Å². The van der Waals surface area contributed by atoms with Crippen molar-refractivity contribution in [3.63, 3.8) is 0 Å². The Morgan fingerprint density at radius 1 is 1.17 bits per heavy atom. The Hall–Kier alpha value is -1.80. The lowest BCUT2D eigenvalue weighted by molar-refractivity contribution is 0.346. The third kappa shape index (κ3) is 3.99. The lowest BCUT2D eigenvalue weighted by Crippen LogP contribution is -2.27. The summed E-state index contributed by atoms with van der Waals surface area (Å²) in [6.07, 6.45) is 6.18. The smallest absolute Gasteiger partial charge is 0.119 e. The van der Waals surface area contributed by atoms with Crippen molar-refractivity contribution in [2.75, 3.05) is 20.7 Å². The number of methoxy groups -OCH3 is 1. The van der Waals surface area contributed by atoms with E-state index >= 15 is 0 Å². The average molecular weight is 323 g/mol. The van der Waals surface area contributed by atoms with Gasteiger partial charge in [0.25, 0.3) is 0 Å². The number of rotatable bonds is 7. The predicted molar refractivity (Wildman–Crippen MR) is 101 cm³/mol. The molecule has 0 aliphatic heterocycles. The molecule has 0 radical (unpaired) electrons. The van der Waals surface area contributed by atoms with E-state index in [1.54, 1.807) is 12.7 Å². The Balaban J connectivity index is 1.76. The third-order valence-electron chi connectivity index (χ3n) is 5.39. The van der Waals surface area contributed by atoms with Gasteiger partial charge < -0.3 is 10.1 Å². The number of fused-ring (bicyclic) bond motifs is 1. The largest absolute Gasteiger partial charge is 0.497 e. The third-order valence-corrected chi connectivity index (χ3v) is 5.39. The minimum Gasteiger partial charge on any atom is -0.497 e. The van der Waals surface area contributed by atoms with Gasteiger partial charge in [-0.05, 0) is 86.4 Å². The summed E-state index contributed by atoms with van der Waals surface area (Å²) in [5.41, 5.74) is 4.49.